The number of hydrogen-bond donors (Lipinski definition) is 0. The van der Waals surface area contributed by atoms with Gasteiger partial charge in [-0.05, 0) is 18.2 Å². The van der Waals surface area contributed by atoms with Gasteiger partial charge < -0.3 is 4.57 Å². The molecule has 0 aliphatic carbocycles. The molecule has 2 aromatic rings. The summed E-state index contributed by atoms with van der Waals surface area (Å²) in [6.07, 6.45) is 2.01. The second-order valence-electron chi connectivity index (χ2n) is 2.98. The summed E-state index contributed by atoms with van der Waals surface area (Å²) in [7, 11) is 2.01. The summed E-state index contributed by atoms with van der Waals surface area (Å²) in [6, 6.07) is 11.9. The Bertz CT molecular complexity index is 418. The van der Waals surface area contributed by atoms with Crippen molar-refractivity contribution in [3.05, 3.63) is 47.6 Å². The highest BCUT2D eigenvalue weighted by atomic mass is 35.5. The van der Waals surface area contributed by atoms with Gasteiger partial charge in [-0.15, -0.1) is 0 Å². The molecule has 1 heterocycles. The Morgan fingerprint density at radius 2 is 1.85 bits per heavy atom. The van der Waals surface area contributed by atoms with Gasteiger partial charge in [-0.2, -0.15) is 0 Å². The van der Waals surface area contributed by atoms with Crippen LogP contribution in [0.15, 0.2) is 42.6 Å². The molecule has 0 bridgehead atoms. The second kappa shape index (κ2) is 3.27. The van der Waals surface area contributed by atoms with Gasteiger partial charge in [-0.25, -0.2) is 0 Å². The number of aryl methyl sites for hydroxylation is 1. The molecule has 0 radical (unpaired) electrons. The van der Waals surface area contributed by atoms with E-state index >= 15 is 0 Å². The van der Waals surface area contributed by atoms with Gasteiger partial charge in [-0.1, -0.05) is 29.8 Å². The van der Waals surface area contributed by atoms with E-state index in [-0.39, 0.29) is 0 Å². The number of hydrogen-bond acceptors (Lipinski definition) is 0. The maximum Gasteiger partial charge on any atom is 0.0499 e. The van der Waals surface area contributed by atoms with Gasteiger partial charge in [0.05, 0.1) is 0 Å². The minimum Gasteiger partial charge on any atom is -0.351 e. The highest BCUT2D eigenvalue weighted by Crippen LogP contribution is 2.26. The van der Waals surface area contributed by atoms with Crippen LogP contribution in [0, 0.1) is 0 Å². The van der Waals surface area contributed by atoms with E-state index in [2.05, 4.69) is 10.6 Å². The molecule has 66 valence electrons. The molecule has 0 atom stereocenters. The van der Waals surface area contributed by atoms with Crippen LogP contribution in [0.5, 0.6) is 0 Å². The minimum atomic E-state index is 0.796. The van der Waals surface area contributed by atoms with Gasteiger partial charge in [0.25, 0.3) is 0 Å². The zero-order valence-corrected chi connectivity index (χ0v) is 8.12. The summed E-state index contributed by atoms with van der Waals surface area (Å²) >= 11 is 6.07. The molecule has 0 spiro atoms. The Morgan fingerprint density at radius 3 is 2.46 bits per heavy atom. The van der Waals surface area contributed by atoms with Crippen LogP contribution in [0.2, 0.25) is 5.02 Å². The first-order valence-electron chi connectivity index (χ1n) is 4.15. The van der Waals surface area contributed by atoms with E-state index in [1.807, 2.05) is 43.6 Å². The summed E-state index contributed by atoms with van der Waals surface area (Å²) in [5.41, 5.74) is 2.22. The first kappa shape index (κ1) is 8.39. The summed E-state index contributed by atoms with van der Waals surface area (Å²) in [6.45, 7) is 0. The maximum absolute atomic E-state index is 6.07. The maximum atomic E-state index is 6.07. The molecule has 0 saturated heterocycles. The third-order valence-electron chi connectivity index (χ3n) is 2.09. The first-order chi connectivity index (χ1) is 6.29. The Morgan fingerprint density at radius 1 is 1.08 bits per heavy atom. The number of benzene rings is 1. The largest absolute Gasteiger partial charge is 0.351 e. The standard InChI is InChI=1S/C11H10ClN/c1-13-8-4-7-11(13)9-5-2-3-6-10(9)12/h2-8H,1H3. The van der Waals surface area contributed by atoms with Crippen molar-refractivity contribution < 1.29 is 0 Å². The van der Waals surface area contributed by atoms with Crippen molar-refractivity contribution in [2.24, 2.45) is 7.05 Å². The molecule has 0 unspecified atom stereocenters. The topological polar surface area (TPSA) is 4.93 Å². The van der Waals surface area contributed by atoms with Crippen molar-refractivity contribution in [3.8, 4) is 11.3 Å². The van der Waals surface area contributed by atoms with Crippen LogP contribution >= 0.6 is 11.6 Å². The van der Waals surface area contributed by atoms with Gasteiger partial charge >= 0.3 is 0 Å². The van der Waals surface area contributed by atoms with E-state index in [0.717, 1.165) is 16.3 Å². The molecule has 0 fully saturated rings. The Hall–Kier alpha value is -1.21. The average molecular weight is 192 g/mol. The molecule has 0 aliphatic heterocycles. The molecular weight excluding hydrogens is 182 g/mol. The van der Waals surface area contributed by atoms with E-state index < -0.39 is 0 Å². The molecule has 0 N–H and O–H groups in total. The van der Waals surface area contributed by atoms with Crippen LogP contribution in [0.4, 0.5) is 0 Å². The summed E-state index contributed by atoms with van der Waals surface area (Å²) in [4.78, 5) is 0. The predicted octanol–water partition coefficient (Wildman–Crippen LogP) is 3.35. The van der Waals surface area contributed by atoms with Crippen molar-refractivity contribution in [3.63, 3.8) is 0 Å². The molecule has 0 amide bonds. The van der Waals surface area contributed by atoms with Crippen LogP contribution in [-0.4, -0.2) is 4.57 Å². The van der Waals surface area contributed by atoms with Crippen LogP contribution in [0.1, 0.15) is 0 Å². The Balaban J connectivity index is 2.59. The average Bonchev–Trinajstić information content (AvgIpc) is 2.52. The smallest absolute Gasteiger partial charge is 0.0499 e. The van der Waals surface area contributed by atoms with Crippen molar-refractivity contribution in [1.82, 2.24) is 4.57 Å². The van der Waals surface area contributed by atoms with Gasteiger partial charge in [0.15, 0.2) is 0 Å². The molecule has 13 heavy (non-hydrogen) atoms. The zero-order chi connectivity index (χ0) is 9.26. The lowest BCUT2D eigenvalue weighted by Crippen LogP contribution is -1.89. The summed E-state index contributed by atoms with van der Waals surface area (Å²) in [5, 5.41) is 0.796. The zero-order valence-electron chi connectivity index (χ0n) is 7.37. The lowest BCUT2D eigenvalue weighted by Gasteiger charge is -2.04. The molecule has 1 aromatic carbocycles. The second-order valence-corrected chi connectivity index (χ2v) is 3.39. The quantitative estimate of drug-likeness (QED) is 0.652. The van der Waals surface area contributed by atoms with Gasteiger partial charge in [0.1, 0.15) is 0 Å². The fourth-order valence-electron chi connectivity index (χ4n) is 1.41. The Labute approximate surface area is 82.6 Å². The highest BCUT2D eigenvalue weighted by Gasteiger charge is 2.03. The fourth-order valence-corrected chi connectivity index (χ4v) is 1.64. The van der Waals surface area contributed by atoms with Crippen LogP contribution in [-0.2, 0) is 7.05 Å². The van der Waals surface area contributed by atoms with Crippen molar-refractivity contribution >= 4 is 11.6 Å². The SMILES string of the molecule is Cn1cccc1-c1ccccc1Cl. The number of aromatic nitrogens is 1. The number of nitrogens with zero attached hydrogens (tertiary/aromatic N) is 1. The van der Waals surface area contributed by atoms with E-state index in [0.29, 0.717) is 0 Å². The lowest BCUT2D eigenvalue weighted by molar-refractivity contribution is 0.937. The van der Waals surface area contributed by atoms with Crippen molar-refractivity contribution in [1.29, 1.82) is 0 Å². The molecule has 0 aliphatic rings. The van der Waals surface area contributed by atoms with Gasteiger partial charge in [0.2, 0.25) is 0 Å². The predicted molar refractivity (Wildman–Crippen MR) is 55.9 cm³/mol. The van der Waals surface area contributed by atoms with Crippen LogP contribution in [0.25, 0.3) is 11.3 Å². The number of rotatable bonds is 1. The third kappa shape index (κ3) is 1.47. The molecule has 1 aromatic heterocycles. The van der Waals surface area contributed by atoms with Crippen molar-refractivity contribution in [2.45, 2.75) is 0 Å². The summed E-state index contributed by atoms with van der Waals surface area (Å²) in [5.74, 6) is 0. The summed E-state index contributed by atoms with van der Waals surface area (Å²) < 4.78 is 2.06. The normalized spacial score (nSPS) is 10.3. The monoisotopic (exact) mass is 191 g/mol. The van der Waals surface area contributed by atoms with E-state index in [1.165, 1.54) is 0 Å². The minimum absolute atomic E-state index is 0.796. The first-order valence-corrected chi connectivity index (χ1v) is 4.53. The third-order valence-corrected chi connectivity index (χ3v) is 2.42. The van der Waals surface area contributed by atoms with Crippen LogP contribution in [0.3, 0.4) is 0 Å². The lowest BCUT2D eigenvalue weighted by atomic mass is 10.1. The molecule has 2 heteroatoms. The van der Waals surface area contributed by atoms with E-state index in [4.69, 9.17) is 11.6 Å². The fraction of sp³-hybridized carbons (Fsp3) is 0.0909. The molecule has 0 saturated carbocycles. The highest BCUT2D eigenvalue weighted by molar-refractivity contribution is 6.33. The molecule has 2 rings (SSSR count). The van der Waals surface area contributed by atoms with E-state index in [1.54, 1.807) is 0 Å². The number of halogens is 1. The molecule has 1 nitrogen and oxygen atoms in total. The van der Waals surface area contributed by atoms with Crippen LogP contribution < -0.4 is 0 Å². The van der Waals surface area contributed by atoms with Crippen molar-refractivity contribution in [2.75, 3.05) is 0 Å². The van der Waals surface area contributed by atoms with E-state index in [9.17, 15) is 0 Å². The van der Waals surface area contributed by atoms with Gasteiger partial charge in [-0.3, -0.25) is 0 Å². The molecular formula is C11H10ClN. The van der Waals surface area contributed by atoms with Gasteiger partial charge in [0, 0.05) is 29.5 Å². The Kier molecular flexibility index (Phi) is 2.11.